The zero-order valence-electron chi connectivity index (χ0n) is 16.4. The molecular weight excluding hydrogens is 390 g/mol. The zero-order valence-corrected chi connectivity index (χ0v) is 18.0. The van der Waals surface area contributed by atoms with Crippen LogP contribution in [0.1, 0.15) is 28.5 Å². The summed E-state index contributed by atoms with van der Waals surface area (Å²) in [6, 6.07) is 5.98. The van der Waals surface area contributed by atoms with Crippen molar-refractivity contribution in [2.24, 2.45) is 0 Å². The van der Waals surface area contributed by atoms with Crippen LogP contribution in [0.25, 0.3) is 15.9 Å². The number of thiophene rings is 1. The van der Waals surface area contributed by atoms with Gasteiger partial charge in [0.05, 0.1) is 10.6 Å². The van der Waals surface area contributed by atoms with E-state index in [2.05, 4.69) is 34.3 Å². The van der Waals surface area contributed by atoms with E-state index in [1.54, 1.807) is 17.7 Å². The van der Waals surface area contributed by atoms with Crippen molar-refractivity contribution >= 4 is 50.6 Å². The summed E-state index contributed by atoms with van der Waals surface area (Å²) < 4.78 is 1.87. The minimum absolute atomic E-state index is 0.0595. The average Bonchev–Trinajstić information content (AvgIpc) is 3.19. The van der Waals surface area contributed by atoms with E-state index >= 15 is 0 Å². The highest BCUT2D eigenvalue weighted by Gasteiger charge is 2.21. The summed E-state index contributed by atoms with van der Waals surface area (Å²) >= 11 is 3.04. The van der Waals surface area contributed by atoms with Crippen LogP contribution < -0.4 is 5.32 Å². The van der Waals surface area contributed by atoms with Crippen LogP contribution in [-0.2, 0) is 4.79 Å². The number of anilines is 1. The molecule has 0 spiro atoms. The molecule has 0 aliphatic heterocycles. The van der Waals surface area contributed by atoms with Crippen molar-refractivity contribution in [2.75, 3.05) is 5.32 Å². The highest BCUT2D eigenvalue weighted by Crippen LogP contribution is 2.33. The molecule has 28 heavy (non-hydrogen) atoms. The Balaban J connectivity index is 1.61. The van der Waals surface area contributed by atoms with E-state index in [9.17, 15) is 4.79 Å². The fourth-order valence-electron chi connectivity index (χ4n) is 3.15. The SMILES string of the molecule is Cc1cccc(C)c1NC(=O)[C@@H](C)Sc1nnc2c3c(C)c(C)sc3ncn12. The molecule has 0 bridgehead atoms. The molecule has 0 radical (unpaired) electrons. The topological polar surface area (TPSA) is 72.2 Å². The maximum Gasteiger partial charge on any atom is 0.237 e. The van der Waals surface area contributed by atoms with Gasteiger partial charge in [0, 0.05) is 10.6 Å². The molecule has 6 nitrogen and oxygen atoms in total. The second kappa shape index (κ2) is 7.18. The molecule has 1 amide bonds. The van der Waals surface area contributed by atoms with Crippen LogP contribution in [0.5, 0.6) is 0 Å². The first kappa shape index (κ1) is 18.9. The Morgan fingerprint density at radius 1 is 1.18 bits per heavy atom. The Morgan fingerprint density at radius 3 is 2.61 bits per heavy atom. The van der Waals surface area contributed by atoms with Crippen LogP contribution in [0, 0.1) is 27.7 Å². The first-order valence-corrected chi connectivity index (χ1v) is 10.7. The van der Waals surface area contributed by atoms with Crippen LogP contribution in [0.4, 0.5) is 5.69 Å². The first-order chi connectivity index (χ1) is 13.4. The van der Waals surface area contributed by atoms with Gasteiger partial charge in [-0.05, 0) is 51.3 Å². The number of hydrogen-bond donors (Lipinski definition) is 1. The van der Waals surface area contributed by atoms with Gasteiger partial charge in [0.2, 0.25) is 5.91 Å². The van der Waals surface area contributed by atoms with Gasteiger partial charge in [-0.1, -0.05) is 30.0 Å². The number of nitrogens with one attached hydrogen (secondary N) is 1. The molecule has 0 saturated carbocycles. The number of thioether (sulfide) groups is 1. The summed E-state index contributed by atoms with van der Waals surface area (Å²) in [6.07, 6.45) is 1.74. The molecule has 0 unspecified atom stereocenters. The summed E-state index contributed by atoms with van der Waals surface area (Å²) in [4.78, 5) is 19.5. The van der Waals surface area contributed by atoms with E-state index in [0.717, 1.165) is 32.7 Å². The maximum atomic E-state index is 12.7. The zero-order chi connectivity index (χ0) is 20.0. The van der Waals surface area contributed by atoms with Crippen molar-refractivity contribution in [1.29, 1.82) is 0 Å². The fraction of sp³-hybridized carbons (Fsp3) is 0.300. The Kier molecular flexibility index (Phi) is 4.84. The third kappa shape index (κ3) is 3.16. The molecule has 0 aliphatic carbocycles. The number of carbonyl (C=O) groups is 1. The van der Waals surface area contributed by atoms with Crippen molar-refractivity contribution in [3.63, 3.8) is 0 Å². The van der Waals surface area contributed by atoms with Crippen LogP contribution in [0.3, 0.4) is 0 Å². The second-order valence-electron chi connectivity index (χ2n) is 6.90. The van der Waals surface area contributed by atoms with Gasteiger partial charge in [0.1, 0.15) is 11.2 Å². The van der Waals surface area contributed by atoms with Crippen molar-refractivity contribution in [3.8, 4) is 0 Å². The molecule has 0 saturated heterocycles. The van der Waals surface area contributed by atoms with Gasteiger partial charge in [-0.3, -0.25) is 9.20 Å². The normalized spacial score (nSPS) is 12.6. The lowest BCUT2D eigenvalue weighted by molar-refractivity contribution is -0.115. The van der Waals surface area contributed by atoms with Gasteiger partial charge in [0.25, 0.3) is 0 Å². The molecule has 0 fully saturated rings. The van der Waals surface area contributed by atoms with Gasteiger partial charge in [-0.25, -0.2) is 4.98 Å². The van der Waals surface area contributed by atoms with Crippen molar-refractivity contribution < 1.29 is 4.79 Å². The number of carbonyl (C=O) groups excluding carboxylic acids is 1. The van der Waals surface area contributed by atoms with Crippen LogP contribution in [0.2, 0.25) is 0 Å². The number of fused-ring (bicyclic) bond motifs is 3. The number of para-hydroxylation sites is 1. The Morgan fingerprint density at radius 2 is 1.89 bits per heavy atom. The van der Waals surface area contributed by atoms with E-state index in [1.807, 2.05) is 43.4 Å². The van der Waals surface area contributed by atoms with E-state index < -0.39 is 0 Å². The number of benzene rings is 1. The maximum absolute atomic E-state index is 12.7. The lowest BCUT2D eigenvalue weighted by Crippen LogP contribution is -2.23. The molecule has 4 aromatic rings. The summed E-state index contributed by atoms with van der Waals surface area (Å²) in [5.41, 5.74) is 4.94. The molecule has 3 aromatic heterocycles. The predicted octanol–water partition coefficient (Wildman–Crippen LogP) is 4.69. The van der Waals surface area contributed by atoms with Gasteiger partial charge in [-0.2, -0.15) is 0 Å². The molecule has 8 heteroatoms. The fourth-order valence-corrected chi connectivity index (χ4v) is 4.96. The van der Waals surface area contributed by atoms with E-state index in [-0.39, 0.29) is 11.2 Å². The van der Waals surface area contributed by atoms with Crippen molar-refractivity contribution in [1.82, 2.24) is 19.6 Å². The number of nitrogens with zero attached hydrogens (tertiary/aromatic N) is 4. The van der Waals surface area contributed by atoms with E-state index in [1.165, 1.54) is 22.2 Å². The minimum Gasteiger partial charge on any atom is -0.325 e. The Labute approximate surface area is 171 Å². The average molecular weight is 412 g/mol. The largest absolute Gasteiger partial charge is 0.325 e. The van der Waals surface area contributed by atoms with Crippen molar-refractivity contribution in [3.05, 3.63) is 46.1 Å². The third-order valence-corrected chi connectivity index (χ3v) is 7.10. The molecule has 0 aliphatic rings. The smallest absolute Gasteiger partial charge is 0.237 e. The Bertz CT molecular complexity index is 1190. The van der Waals surface area contributed by atoms with Gasteiger partial charge in [-0.15, -0.1) is 21.5 Å². The summed E-state index contributed by atoms with van der Waals surface area (Å²) in [5, 5.41) is 13.1. The van der Waals surface area contributed by atoms with Gasteiger partial charge >= 0.3 is 0 Å². The van der Waals surface area contributed by atoms with Gasteiger partial charge < -0.3 is 5.32 Å². The van der Waals surface area contributed by atoms with E-state index in [4.69, 9.17) is 0 Å². The van der Waals surface area contributed by atoms with E-state index in [0.29, 0.717) is 5.16 Å². The Hall–Kier alpha value is -2.45. The van der Waals surface area contributed by atoms with Crippen LogP contribution >= 0.6 is 23.1 Å². The molecule has 144 valence electrons. The monoisotopic (exact) mass is 411 g/mol. The van der Waals surface area contributed by atoms with Crippen molar-refractivity contribution in [2.45, 2.75) is 45.0 Å². The van der Waals surface area contributed by atoms with Crippen LogP contribution in [0.15, 0.2) is 29.7 Å². The lowest BCUT2D eigenvalue weighted by atomic mass is 10.1. The molecule has 1 N–H and O–H groups in total. The molecule has 1 aromatic carbocycles. The summed E-state index contributed by atoms with van der Waals surface area (Å²) in [6.45, 7) is 10.0. The first-order valence-electron chi connectivity index (χ1n) is 9.00. The summed E-state index contributed by atoms with van der Waals surface area (Å²) in [7, 11) is 0. The highest BCUT2D eigenvalue weighted by atomic mass is 32.2. The third-order valence-electron chi connectivity index (χ3n) is 4.93. The number of amides is 1. The second-order valence-corrected chi connectivity index (χ2v) is 9.41. The standard InChI is InChI=1S/C20H21N5OS2/c1-10-7-6-8-11(2)16(10)22-18(26)14(5)28-20-24-23-17-15-12(3)13(4)27-19(15)21-9-25(17)20/h6-9,14H,1-5H3,(H,22,26)/t14-/m1/s1. The number of aromatic nitrogens is 4. The predicted molar refractivity (Wildman–Crippen MR) is 116 cm³/mol. The highest BCUT2D eigenvalue weighted by molar-refractivity contribution is 8.00. The molecule has 1 atom stereocenters. The molecule has 3 heterocycles. The summed E-state index contributed by atoms with van der Waals surface area (Å²) in [5.74, 6) is -0.0595. The lowest BCUT2D eigenvalue weighted by Gasteiger charge is -2.14. The van der Waals surface area contributed by atoms with Crippen LogP contribution in [-0.4, -0.2) is 30.7 Å². The number of hydrogen-bond acceptors (Lipinski definition) is 6. The molecular formula is C20H21N5OS2. The quantitative estimate of drug-likeness (QED) is 0.493. The van der Waals surface area contributed by atoms with Gasteiger partial charge in [0.15, 0.2) is 10.8 Å². The molecule has 4 rings (SSSR count). The minimum atomic E-state index is -0.326. The number of rotatable bonds is 4. The number of aryl methyl sites for hydroxylation is 4.